The fourth-order valence-corrected chi connectivity index (χ4v) is 8.84. The molecular formula is C56H36N6. The summed E-state index contributed by atoms with van der Waals surface area (Å²) >= 11 is 0. The molecule has 0 N–H and O–H groups in total. The van der Waals surface area contributed by atoms with E-state index in [4.69, 9.17) is 19.9 Å². The minimum atomic E-state index is 0.629. The maximum Gasteiger partial charge on any atom is 0.235 e. The summed E-state index contributed by atoms with van der Waals surface area (Å²) in [5, 5.41) is 4.59. The number of fused-ring (bicyclic) bond motifs is 6. The molecule has 4 aromatic heterocycles. The molecule has 0 aliphatic rings. The average molecular weight is 793 g/mol. The quantitative estimate of drug-likeness (QED) is 0.161. The van der Waals surface area contributed by atoms with Gasteiger partial charge in [-0.2, -0.15) is 0 Å². The normalized spacial score (nSPS) is 11.5. The number of nitrogens with zero attached hydrogens (tertiary/aromatic N) is 6. The fourth-order valence-electron chi connectivity index (χ4n) is 8.84. The van der Waals surface area contributed by atoms with Gasteiger partial charge in [-0.15, -0.1) is 0 Å². The van der Waals surface area contributed by atoms with Crippen LogP contribution in [0.25, 0.3) is 112 Å². The summed E-state index contributed by atoms with van der Waals surface area (Å²) in [6.07, 6.45) is 0. The molecule has 0 saturated carbocycles. The molecule has 0 bridgehead atoms. The Labute approximate surface area is 357 Å². The number of para-hydroxylation sites is 2. The molecule has 0 radical (unpaired) electrons. The molecule has 0 aliphatic carbocycles. The van der Waals surface area contributed by atoms with E-state index in [0.717, 1.165) is 94.5 Å². The van der Waals surface area contributed by atoms with Gasteiger partial charge in [0.2, 0.25) is 5.95 Å². The first kappa shape index (κ1) is 35.5. The number of benzene rings is 8. The molecule has 0 unspecified atom stereocenters. The molecule has 6 heteroatoms. The topological polar surface area (TPSA) is 61.4 Å². The maximum absolute atomic E-state index is 5.27. The maximum atomic E-state index is 5.27. The Hall–Kier alpha value is -8.48. The highest BCUT2D eigenvalue weighted by molar-refractivity contribution is 6.12. The van der Waals surface area contributed by atoms with Crippen molar-refractivity contribution in [2.24, 2.45) is 0 Å². The Bertz CT molecular complexity index is 3500. The van der Waals surface area contributed by atoms with Gasteiger partial charge in [0, 0.05) is 49.9 Å². The highest BCUT2D eigenvalue weighted by atomic mass is 15.2. The molecular weight excluding hydrogens is 757 g/mol. The van der Waals surface area contributed by atoms with Crippen molar-refractivity contribution >= 4 is 43.6 Å². The van der Waals surface area contributed by atoms with Crippen molar-refractivity contribution in [3.05, 3.63) is 218 Å². The van der Waals surface area contributed by atoms with Crippen LogP contribution in [0.5, 0.6) is 0 Å². The van der Waals surface area contributed by atoms with Gasteiger partial charge in [0.05, 0.1) is 39.1 Å². The zero-order chi connectivity index (χ0) is 41.0. The molecule has 0 fully saturated rings. The molecule has 8 aromatic carbocycles. The Balaban J connectivity index is 1.05. The second-order valence-corrected chi connectivity index (χ2v) is 15.5. The van der Waals surface area contributed by atoms with E-state index in [2.05, 4.69) is 191 Å². The third-order valence-corrected chi connectivity index (χ3v) is 11.8. The number of aromatic nitrogens is 6. The predicted octanol–water partition coefficient (Wildman–Crippen LogP) is 13.8. The molecule has 62 heavy (non-hydrogen) atoms. The second-order valence-electron chi connectivity index (χ2n) is 15.5. The lowest BCUT2D eigenvalue weighted by Crippen LogP contribution is -2.04. The van der Waals surface area contributed by atoms with Crippen molar-refractivity contribution in [1.82, 2.24) is 29.1 Å². The first-order valence-corrected chi connectivity index (χ1v) is 20.8. The molecule has 4 heterocycles. The van der Waals surface area contributed by atoms with Gasteiger partial charge in [-0.05, 0) is 47.5 Å². The summed E-state index contributed by atoms with van der Waals surface area (Å²) in [5.74, 6) is 2.12. The summed E-state index contributed by atoms with van der Waals surface area (Å²) < 4.78 is 4.50. The van der Waals surface area contributed by atoms with E-state index >= 15 is 0 Å². The van der Waals surface area contributed by atoms with Crippen LogP contribution in [-0.2, 0) is 0 Å². The van der Waals surface area contributed by atoms with Gasteiger partial charge in [-0.3, -0.25) is 9.13 Å². The van der Waals surface area contributed by atoms with Gasteiger partial charge in [0.1, 0.15) is 5.82 Å². The van der Waals surface area contributed by atoms with Gasteiger partial charge in [-0.1, -0.05) is 176 Å². The van der Waals surface area contributed by atoms with Crippen LogP contribution in [0.3, 0.4) is 0 Å². The van der Waals surface area contributed by atoms with Crippen LogP contribution in [0.1, 0.15) is 0 Å². The van der Waals surface area contributed by atoms with Crippen molar-refractivity contribution in [3.63, 3.8) is 0 Å². The predicted molar refractivity (Wildman–Crippen MR) is 253 cm³/mol. The van der Waals surface area contributed by atoms with Crippen molar-refractivity contribution in [2.45, 2.75) is 0 Å². The van der Waals surface area contributed by atoms with E-state index in [-0.39, 0.29) is 0 Å². The Kier molecular flexibility index (Phi) is 8.38. The molecule has 0 atom stereocenters. The monoisotopic (exact) mass is 792 g/mol. The summed E-state index contributed by atoms with van der Waals surface area (Å²) in [4.78, 5) is 20.8. The summed E-state index contributed by atoms with van der Waals surface area (Å²) in [7, 11) is 0. The molecule has 12 rings (SSSR count). The minimum absolute atomic E-state index is 0.629. The molecule has 290 valence electrons. The standard InChI is InChI=1S/C56H36N6/c1-5-17-37(18-6-1)47-35-48(38-19-7-2-8-20-38)59-56(58-47)62-51-28-16-14-26-44(51)46-33-41(30-32-52(46)62)42-29-31-45-43-25-13-15-27-50(43)61(53(45)34-42)54-36-49(39-21-9-3-10-22-39)57-55(60-54)40-23-11-4-12-24-40/h1-36H. The lowest BCUT2D eigenvalue weighted by atomic mass is 10.0. The Morgan fingerprint density at radius 1 is 0.258 bits per heavy atom. The fraction of sp³-hybridized carbons (Fsp3) is 0. The van der Waals surface area contributed by atoms with Crippen LogP contribution in [0.15, 0.2) is 218 Å². The van der Waals surface area contributed by atoms with E-state index in [1.165, 1.54) is 5.39 Å². The Morgan fingerprint density at radius 2 is 0.710 bits per heavy atom. The number of hydrogen-bond donors (Lipinski definition) is 0. The van der Waals surface area contributed by atoms with E-state index in [1.807, 2.05) is 36.4 Å². The van der Waals surface area contributed by atoms with Gasteiger partial charge in [-0.25, -0.2) is 19.9 Å². The third-order valence-electron chi connectivity index (χ3n) is 11.8. The van der Waals surface area contributed by atoms with E-state index < -0.39 is 0 Å². The lowest BCUT2D eigenvalue weighted by Gasteiger charge is -2.13. The third kappa shape index (κ3) is 6.04. The summed E-state index contributed by atoms with van der Waals surface area (Å²) in [6.45, 7) is 0. The van der Waals surface area contributed by atoms with Gasteiger partial charge in [0.25, 0.3) is 0 Å². The van der Waals surface area contributed by atoms with Crippen LogP contribution in [0, 0.1) is 0 Å². The highest BCUT2D eigenvalue weighted by Crippen LogP contribution is 2.39. The second kappa shape index (κ2) is 14.7. The number of hydrogen-bond acceptors (Lipinski definition) is 4. The first-order chi connectivity index (χ1) is 30.7. The molecule has 0 amide bonds. The van der Waals surface area contributed by atoms with Crippen molar-refractivity contribution in [3.8, 4) is 68.1 Å². The highest BCUT2D eigenvalue weighted by Gasteiger charge is 2.20. The van der Waals surface area contributed by atoms with Gasteiger partial charge < -0.3 is 0 Å². The smallest absolute Gasteiger partial charge is 0.235 e. The van der Waals surface area contributed by atoms with Crippen LogP contribution in [0.4, 0.5) is 0 Å². The average Bonchev–Trinajstić information content (AvgIpc) is 3.87. The molecule has 12 aromatic rings. The summed E-state index contributed by atoms with van der Waals surface area (Å²) in [6, 6.07) is 76.1. The van der Waals surface area contributed by atoms with E-state index in [0.29, 0.717) is 11.8 Å². The van der Waals surface area contributed by atoms with Crippen LogP contribution in [0.2, 0.25) is 0 Å². The van der Waals surface area contributed by atoms with Crippen molar-refractivity contribution in [1.29, 1.82) is 0 Å². The van der Waals surface area contributed by atoms with Crippen LogP contribution in [-0.4, -0.2) is 29.1 Å². The number of rotatable bonds is 7. The van der Waals surface area contributed by atoms with E-state index in [1.54, 1.807) is 0 Å². The van der Waals surface area contributed by atoms with Gasteiger partial charge in [0.15, 0.2) is 5.82 Å². The SMILES string of the molecule is c1ccc(-c2cc(-n3c4ccccc4c4ccc(-c5ccc6c(c5)c5ccccc5n6-c5nc(-c6ccccc6)cc(-c6ccccc6)n5)cc43)nc(-c3ccccc3)n2)cc1. The first-order valence-electron chi connectivity index (χ1n) is 20.8. The lowest BCUT2D eigenvalue weighted by molar-refractivity contribution is 0.995. The summed E-state index contributed by atoms with van der Waals surface area (Å²) in [5.41, 5.74) is 13.2. The van der Waals surface area contributed by atoms with E-state index in [9.17, 15) is 0 Å². The van der Waals surface area contributed by atoms with Gasteiger partial charge >= 0.3 is 0 Å². The molecule has 0 spiro atoms. The molecule has 6 nitrogen and oxygen atoms in total. The Morgan fingerprint density at radius 3 is 1.32 bits per heavy atom. The van der Waals surface area contributed by atoms with Crippen molar-refractivity contribution < 1.29 is 0 Å². The van der Waals surface area contributed by atoms with Crippen molar-refractivity contribution in [2.75, 3.05) is 0 Å². The van der Waals surface area contributed by atoms with Crippen LogP contribution >= 0.6 is 0 Å². The molecule has 0 saturated heterocycles. The largest absolute Gasteiger partial charge is 0.294 e. The minimum Gasteiger partial charge on any atom is -0.294 e. The zero-order valence-corrected chi connectivity index (χ0v) is 33.5. The zero-order valence-electron chi connectivity index (χ0n) is 33.5. The van der Waals surface area contributed by atoms with Crippen LogP contribution < -0.4 is 0 Å². The molecule has 0 aliphatic heterocycles.